The van der Waals surface area contributed by atoms with Gasteiger partial charge in [0.2, 0.25) is 0 Å². The molecule has 0 heterocycles. The van der Waals surface area contributed by atoms with Crippen molar-refractivity contribution in [3.63, 3.8) is 0 Å². The molecule has 7 atom stereocenters. The minimum Gasteiger partial charge on any atom is -0.480 e. The predicted octanol–water partition coefficient (Wildman–Crippen LogP) is 2.33. The molecule has 3 saturated carbocycles. The molecule has 4 aliphatic rings. The molecule has 0 aliphatic heterocycles. The summed E-state index contributed by atoms with van der Waals surface area (Å²) in [5.41, 5.74) is 17.2. The number of aliphatic imine (C=N–C) groups is 1. The molecule has 0 amide bonds. The van der Waals surface area contributed by atoms with E-state index < -0.39 is 12.0 Å². The summed E-state index contributed by atoms with van der Waals surface area (Å²) in [6.45, 7) is 5.18. The van der Waals surface area contributed by atoms with E-state index in [1.54, 1.807) is 0 Å². The average molecular weight is 463 g/mol. The van der Waals surface area contributed by atoms with Crippen LogP contribution in [-0.2, 0) is 9.59 Å². The average Bonchev–Trinajstić information content (AvgIpc) is 3.06. The van der Waals surface area contributed by atoms with Crippen molar-refractivity contribution in [1.29, 1.82) is 0 Å². The fraction of sp³-hybridized carbons (Fsp3) is 0.800. The van der Waals surface area contributed by atoms with Gasteiger partial charge in [0.1, 0.15) is 6.04 Å². The molecule has 0 aromatic carbocycles. The summed E-state index contributed by atoms with van der Waals surface area (Å²) in [6.07, 6.45) is 11.7. The first-order valence-electron chi connectivity index (χ1n) is 12.4. The largest absolute Gasteiger partial charge is 0.480 e. The quantitative estimate of drug-likeness (QED) is 0.237. The van der Waals surface area contributed by atoms with Crippen molar-refractivity contribution in [3.05, 3.63) is 11.6 Å². The Bertz CT molecular complexity index is 808. The number of carbonyl (C=O) groups is 2. The van der Waals surface area contributed by atoms with Crippen LogP contribution in [0.1, 0.15) is 78.1 Å². The Balaban J connectivity index is 0.000000221. The van der Waals surface area contributed by atoms with Crippen molar-refractivity contribution in [2.45, 2.75) is 90.2 Å². The van der Waals surface area contributed by atoms with Gasteiger partial charge in [-0.2, -0.15) is 0 Å². The molecular weight excluding hydrogens is 420 g/mol. The fourth-order valence-electron chi connectivity index (χ4n) is 7.17. The molecule has 0 saturated heterocycles. The van der Waals surface area contributed by atoms with Crippen molar-refractivity contribution in [2.24, 2.45) is 50.8 Å². The van der Waals surface area contributed by atoms with Gasteiger partial charge in [0.05, 0.1) is 6.10 Å². The van der Waals surface area contributed by atoms with Crippen molar-refractivity contribution < 1.29 is 19.8 Å². The third kappa shape index (κ3) is 5.27. The van der Waals surface area contributed by atoms with Crippen LogP contribution >= 0.6 is 0 Å². The van der Waals surface area contributed by atoms with E-state index in [4.69, 9.17) is 22.3 Å². The highest BCUT2D eigenvalue weighted by atomic mass is 16.4. The van der Waals surface area contributed by atoms with E-state index in [2.05, 4.69) is 18.8 Å². The zero-order chi connectivity index (χ0) is 24.4. The van der Waals surface area contributed by atoms with Crippen LogP contribution in [0.5, 0.6) is 0 Å². The molecule has 0 spiro atoms. The van der Waals surface area contributed by atoms with Crippen LogP contribution in [0, 0.1) is 28.6 Å². The van der Waals surface area contributed by atoms with E-state index in [0.29, 0.717) is 31.1 Å². The van der Waals surface area contributed by atoms with Gasteiger partial charge < -0.3 is 27.4 Å². The van der Waals surface area contributed by atoms with E-state index in [1.807, 2.05) is 6.08 Å². The van der Waals surface area contributed by atoms with Crippen molar-refractivity contribution in [1.82, 2.24) is 0 Å². The second-order valence-corrected chi connectivity index (χ2v) is 11.0. The maximum Gasteiger partial charge on any atom is 0.320 e. The van der Waals surface area contributed by atoms with Crippen LogP contribution in [0.25, 0.3) is 0 Å². The van der Waals surface area contributed by atoms with Crippen molar-refractivity contribution in [2.75, 3.05) is 6.54 Å². The van der Waals surface area contributed by atoms with Gasteiger partial charge >= 0.3 is 5.97 Å². The Kier molecular flexibility index (Phi) is 7.89. The topological polar surface area (TPSA) is 165 Å². The number of ketones is 1. The number of hydrogen-bond acceptors (Lipinski definition) is 5. The number of aliphatic hydroxyl groups is 1. The molecule has 33 heavy (non-hydrogen) atoms. The number of carbonyl (C=O) groups excluding carboxylic acids is 1. The van der Waals surface area contributed by atoms with Crippen LogP contribution < -0.4 is 17.2 Å². The molecule has 8 N–H and O–H groups in total. The Morgan fingerprint density at radius 1 is 1.15 bits per heavy atom. The van der Waals surface area contributed by atoms with Gasteiger partial charge in [0.15, 0.2) is 11.7 Å². The van der Waals surface area contributed by atoms with Crippen LogP contribution in [-0.4, -0.2) is 46.6 Å². The van der Waals surface area contributed by atoms with Crippen molar-refractivity contribution >= 4 is 17.7 Å². The number of allylic oxidation sites excluding steroid dienone is 1. The molecule has 4 aliphatic carbocycles. The number of rotatable bonds is 5. The molecule has 0 aromatic rings. The van der Waals surface area contributed by atoms with E-state index >= 15 is 0 Å². The maximum absolute atomic E-state index is 11.8. The summed E-state index contributed by atoms with van der Waals surface area (Å²) in [5.74, 6) is 1.59. The number of nitrogens with zero attached hydrogens (tertiary/aromatic N) is 1. The van der Waals surface area contributed by atoms with Gasteiger partial charge in [-0.1, -0.05) is 19.4 Å². The first kappa shape index (κ1) is 25.7. The molecule has 3 fully saturated rings. The first-order chi connectivity index (χ1) is 15.5. The lowest BCUT2D eigenvalue weighted by atomic mass is 9.47. The minimum atomic E-state index is -1.00. The van der Waals surface area contributed by atoms with Gasteiger partial charge in [-0.25, -0.2) is 0 Å². The van der Waals surface area contributed by atoms with Crippen molar-refractivity contribution in [3.8, 4) is 0 Å². The zero-order valence-corrected chi connectivity index (χ0v) is 20.1. The van der Waals surface area contributed by atoms with Crippen LogP contribution in [0.15, 0.2) is 16.6 Å². The molecule has 4 rings (SSSR count). The Morgan fingerprint density at radius 2 is 1.88 bits per heavy atom. The fourth-order valence-corrected chi connectivity index (χ4v) is 7.17. The molecule has 0 unspecified atom stereocenters. The lowest BCUT2D eigenvalue weighted by Gasteiger charge is -2.57. The Hall–Kier alpha value is -1.93. The van der Waals surface area contributed by atoms with Gasteiger partial charge in [-0.3, -0.25) is 14.6 Å². The second-order valence-electron chi connectivity index (χ2n) is 11.0. The summed E-state index contributed by atoms with van der Waals surface area (Å²) < 4.78 is 0. The molecule has 0 radical (unpaired) electrons. The number of carboxylic acid groups (broad SMARTS) is 1. The lowest BCUT2D eigenvalue weighted by Crippen LogP contribution is -2.51. The summed E-state index contributed by atoms with van der Waals surface area (Å²) in [6, 6.07) is -0.820. The smallest absolute Gasteiger partial charge is 0.320 e. The molecular formula is C25H42N4O4. The highest BCUT2D eigenvalue weighted by Crippen LogP contribution is 2.65. The first-order valence-corrected chi connectivity index (χ1v) is 12.4. The number of carboxylic acids is 1. The highest BCUT2D eigenvalue weighted by molar-refractivity contribution is 5.91. The number of guanidine groups is 1. The summed E-state index contributed by atoms with van der Waals surface area (Å²) in [5, 5.41) is 18.8. The Labute approximate surface area is 197 Å². The molecule has 8 heteroatoms. The third-order valence-electron chi connectivity index (χ3n) is 9.20. The lowest BCUT2D eigenvalue weighted by molar-refractivity contribution is -0.138. The summed E-state index contributed by atoms with van der Waals surface area (Å²) >= 11 is 0. The van der Waals surface area contributed by atoms with E-state index in [1.165, 1.54) is 31.3 Å². The highest BCUT2D eigenvalue weighted by Gasteiger charge is 2.58. The van der Waals surface area contributed by atoms with Crippen LogP contribution in [0.3, 0.4) is 0 Å². The number of nitrogens with two attached hydrogens (primary N) is 3. The van der Waals surface area contributed by atoms with E-state index in [-0.39, 0.29) is 22.9 Å². The van der Waals surface area contributed by atoms with Gasteiger partial charge in [-0.15, -0.1) is 0 Å². The zero-order valence-electron chi connectivity index (χ0n) is 20.1. The summed E-state index contributed by atoms with van der Waals surface area (Å²) in [4.78, 5) is 25.7. The monoisotopic (exact) mass is 462 g/mol. The van der Waals surface area contributed by atoms with Gasteiger partial charge in [0, 0.05) is 13.0 Å². The standard InChI is InChI=1S/C19H28O2.C6H14N4O2/c1-18-9-7-13(20)11-12(18)3-4-14-15-5-6-17(21)19(15,2)10-8-16(14)18;7-4(5(11)12)2-1-3-10-6(8)9/h11,14-17,21H,3-10H2,1-2H3;4H,1-3,7H2,(H,11,12)(H4,8,9,10)/t14-,15-,16-,17-,18-,19-;4-/m00/s1. The van der Waals surface area contributed by atoms with Crippen LogP contribution in [0.2, 0.25) is 0 Å². The number of aliphatic carboxylic acids is 1. The number of fused-ring (bicyclic) bond motifs is 5. The second kappa shape index (κ2) is 10.1. The van der Waals surface area contributed by atoms with E-state index in [0.717, 1.165) is 37.5 Å². The molecule has 186 valence electrons. The number of aliphatic hydroxyl groups excluding tert-OH is 1. The van der Waals surface area contributed by atoms with Crippen LogP contribution in [0.4, 0.5) is 0 Å². The molecule has 0 aromatic heterocycles. The van der Waals surface area contributed by atoms with Gasteiger partial charge in [0.25, 0.3) is 0 Å². The molecule has 8 nitrogen and oxygen atoms in total. The molecule has 0 bridgehead atoms. The minimum absolute atomic E-state index is 0.0129. The van der Waals surface area contributed by atoms with E-state index in [9.17, 15) is 14.7 Å². The number of hydrogen-bond donors (Lipinski definition) is 5. The third-order valence-corrected chi connectivity index (χ3v) is 9.20. The SMILES string of the molecule is C[C@]12CC[C@H]3[C@@H](CCC4=CC(=O)CC[C@@]43C)[C@@H]1CC[C@@H]2O.NC(N)=NCCC[C@H](N)C(=O)O. The predicted molar refractivity (Wildman–Crippen MR) is 128 cm³/mol. The maximum atomic E-state index is 11.8. The van der Waals surface area contributed by atoms with Gasteiger partial charge in [-0.05, 0) is 92.4 Å². The Morgan fingerprint density at radius 3 is 2.55 bits per heavy atom. The summed E-state index contributed by atoms with van der Waals surface area (Å²) in [7, 11) is 0. The normalized spacial score (nSPS) is 37.9.